The van der Waals surface area contributed by atoms with Crippen LogP contribution in [0.1, 0.15) is 25.5 Å². The van der Waals surface area contributed by atoms with Gasteiger partial charge in [-0.2, -0.15) is 0 Å². The van der Waals surface area contributed by atoms with Crippen LogP contribution in [0.3, 0.4) is 0 Å². The first kappa shape index (κ1) is 15.9. The van der Waals surface area contributed by atoms with E-state index < -0.39 is 0 Å². The second-order valence-corrected chi connectivity index (χ2v) is 5.74. The largest absolute Gasteiger partial charge is 0.383 e. The van der Waals surface area contributed by atoms with Crippen molar-refractivity contribution in [1.82, 2.24) is 15.2 Å². The van der Waals surface area contributed by atoms with Gasteiger partial charge >= 0.3 is 0 Å². The van der Waals surface area contributed by atoms with Gasteiger partial charge in [0.25, 0.3) is 0 Å². The van der Waals surface area contributed by atoms with Crippen LogP contribution in [0.15, 0.2) is 24.4 Å². The minimum Gasteiger partial charge on any atom is -0.383 e. The van der Waals surface area contributed by atoms with Gasteiger partial charge in [-0.1, -0.05) is 6.07 Å². The number of hydrogen-bond donors (Lipinski definition) is 1. The lowest BCUT2D eigenvalue weighted by Crippen LogP contribution is -2.44. The zero-order chi connectivity index (χ0) is 15.1. The lowest BCUT2D eigenvalue weighted by atomic mass is 9.95. The maximum absolute atomic E-state index is 12.2. The van der Waals surface area contributed by atoms with Crippen molar-refractivity contribution < 1.29 is 9.53 Å². The number of hydrogen-bond acceptors (Lipinski definition) is 4. The molecule has 0 spiro atoms. The minimum atomic E-state index is 0.0778. The molecule has 0 aromatic carbocycles. The van der Waals surface area contributed by atoms with Crippen LogP contribution in [0, 0.1) is 5.92 Å². The lowest BCUT2D eigenvalue weighted by molar-refractivity contribution is -0.127. The van der Waals surface area contributed by atoms with Crippen LogP contribution >= 0.6 is 0 Å². The summed E-state index contributed by atoms with van der Waals surface area (Å²) in [5, 5.41) is 3.02. The van der Waals surface area contributed by atoms with Gasteiger partial charge in [-0.15, -0.1) is 0 Å². The highest BCUT2D eigenvalue weighted by atomic mass is 16.5. The van der Waals surface area contributed by atoms with E-state index in [1.165, 1.54) is 0 Å². The summed E-state index contributed by atoms with van der Waals surface area (Å²) in [6, 6.07) is 6.07. The molecule has 1 atom stereocenters. The van der Waals surface area contributed by atoms with E-state index in [4.69, 9.17) is 4.74 Å². The van der Waals surface area contributed by atoms with E-state index in [-0.39, 0.29) is 17.9 Å². The molecule has 116 valence electrons. The Kier molecular flexibility index (Phi) is 6.14. The lowest BCUT2D eigenvalue weighted by Gasteiger charge is -2.31. The predicted octanol–water partition coefficient (Wildman–Crippen LogP) is 1.44. The average molecular weight is 291 g/mol. The zero-order valence-electron chi connectivity index (χ0n) is 12.9. The van der Waals surface area contributed by atoms with Gasteiger partial charge in [-0.05, 0) is 45.0 Å². The van der Waals surface area contributed by atoms with Crippen molar-refractivity contribution in [2.75, 3.05) is 26.8 Å². The number of amides is 1. The number of rotatable bonds is 6. The van der Waals surface area contributed by atoms with Crippen LogP contribution in [0.25, 0.3) is 0 Å². The number of aromatic nitrogens is 1. The molecule has 0 aliphatic carbocycles. The van der Waals surface area contributed by atoms with Crippen LogP contribution in [-0.2, 0) is 16.1 Å². The Morgan fingerprint density at radius 1 is 1.48 bits per heavy atom. The third-order valence-corrected chi connectivity index (χ3v) is 3.88. The quantitative estimate of drug-likeness (QED) is 0.862. The monoisotopic (exact) mass is 291 g/mol. The molecule has 1 aliphatic rings. The van der Waals surface area contributed by atoms with Crippen molar-refractivity contribution in [3.63, 3.8) is 0 Å². The Hall–Kier alpha value is -1.46. The van der Waals surface area contributed by atoms with Crippen LogP contribution in [0.5, 0.6) is 0 Å². The highest BCUT2D eigenvalue weighted by Gasteiger charge is 2.25. The predicted molar refractivity (Wildman–Crippen MR) is 81.7 cm³/mol. The van der Waals surface area contributed by atoms with E-state index >= 15 is 0 Å². The number of carbonyl (C=O) groups excluding carboxylic acids is 1. The highest BCUT2D eigenvalue weighted by Crippen LogP contribution is 2.18. The Bertz CT molecular complexity index is 430. The Labute approximate surface area is 126 Å². The summed E-state index contributed by atoms with van der Waals surface area (Å²) in [5.74, 6) is 0.293. The Morgan fingerprint density at radius 3 is 2.86 bits per heavy atom. The molecule has 2 rings (SSSR count). The fourth-order valence-corrected chi connectivity index (χ4v) is 2.73. The molecule has 0 radical (unpaired) electrons. The van der Waals surface area contributed by atoms with E-state index in [2.05, 4.69) is 15.2 Å². The number of piperidine rings is 1. The molecule has 21 heavy (non-hydrogen) atoms. The number of nitrogens with one attached hydrogen (secondary N) is 1. The zero-order valence-corrected chi connectivity index (χ0v) is 12.9. The van der Waals surface area contributed by atoms with E-state index in [1.807, 2.05) is 31.3 Å². The van der Waals surface area contributed by atoms with Gasteiger partial charge in [0.2, 0.25) is 5.91 Å². The molecule has 1 amide bonds. The third kappa shape index (κ3) is 5.10. The van der Waals surface area contributed by atoms with Gasteiger partial charge < -0.3 is 10.1 Å². The summed E-state index contributed by atoms with van der Waals surface area (Å²) >= 11 is 0. The molecule has 1 aliphatic heterocycles. The number of nitrogens with zero attached hydrogens (tertiary/aromatic N) is 2. The molecule has 0 bridgehead atoms. The van der Waals surface area contributed by atoms with Crippen molar-refractivity contribution in [2.24, 2.45) is 5.92 Å². The van der Waals surface area contributed by atoms with Crippen molar-refractivity contribution in [1.29, 1.82) is 0 Å². The van der Waals surface area contributed by atoms with Gasteiger partial charge in [-0.3, -0.25) is 14.7 Å². The van der Waals surface area contributed by atoms with Gasteiger partial charge in [0.1, 0.15) is 0 Å². The van der Waals surface area contributed by atoms with Gasteiger partial charge in [0.05, 0.1) is 12.3 Å². The molecular weight excluding hydrogens is 266 g/mol. The van der Waals surface area contributed by atoms with Gasteiger partial charge in [0, 0.05) is 31.8 Å². The minimum absolute atomic E-state index is 0.0778. The first-order valence-electron chi connectivity index (χ1n) is 7.60. The molecular formula is C16H25N3O2. The number of pyridine rings is 1. The second kappa shape index (κ2) is 8.10. The standard InChI is InChI=1S/C16H25N3O2/c1-13(12-21-2)18-16(20)14-6-9-19(10-7-14)11-15-5-3-4-8-17-15/h3-5,8,13-14H,6-7,9-12H2,1-2H3,(H,18,20). The van der Waals surface area contributed by atoms with Crippen molar-refractivity contribution in [3.05, 3.63) is 30.1 Å². The average Bonchev–Trinajstić information content (AvgIpc) is 2.49. The Morgan fingerprint density at radius 2 is 2.24 bits per heavy atom. The van der Waals surface area contributed by atoms with Crippen LogP contribution in [0.2, 0.25) is 0 Å². The van der Waals surface area contributed by atoms with E-state index in [1.54, 1.807) is 7.11 Å². The van der Waals surface area contributed by atoms with Gasteiger partial charge in [-0.25, -0.2) is 0 Å². The maximum atomic E-state index is 12.2. The summed E-state index contributed by atoms with van der Waals surface area (Å²) in [6.45, 7) is 5.30. The molecule has 1 aromatic heterocycles. The fourth-order valence-electron chi connectivity index (χ4n) is 2.73. The normalized spacial score (nSPS) is 18.4. The maximum Gasteiger partial charge on any atom is 0.223 e. The van der Waals surface area contributed by atoms with Crippen molar-refractivity contribution in [2.45, 2.75) is 32.4 Å². The van der Waals surface area contributed by atoms with E-state index in [0.29, 0.717) is 6.61 Å². The molecule has 1 aromatic rings. The molecule has 2 heterocycles. The van der Waals surface area contributed by atoms with Crippen molar-refractivity contribution in [3.8, 4) is 0 Å². The molecule has 5 nitrogen and oxygen atoms in total. The number of carbonyl (C=O) groups is 1. The summed E-state index contributed by atoms with van der Waals surface area (Å²) in [4.78, 5) is 18.9. The molecule has 1 saturated heterocycles. The smallest absolute Gasteiger partial charge is 0.223 e. The Balaban J connectivity index is 1.74. The third-order valence-electron chi connectivity index (χ3n) is 3.88. The second-order valence-electron chi connectivity index (χ2n) is 5.74. The molecule has 0 saturated carbocycles. The summed E-state index contributed by atoms with van der Waals surface area (Å²) in [5.41, 5.74) is 1.09. The first-order chi connectivity index (χ1) is 10.2. The fraction of sp³-hybridized carbons (Fsp3) is 0.625. The van der Waals surface area contributed by atoms with Crippen molar-refractivity contribution >= 4 is 5.91 Å². The van der Waals surface area contributed by atoms with Crippen LogP contribution in [-0.4, -0.2) is 48.6 Å². The number of ether oxygens (including phenoxy) is 1. The molecule has 1 N–H and O–H groups in total. The summed E-state index contributed by atoms with van der Waals surface area (Å²) in [7, 11) is 1.65. The van der Waals surface area contributed by atoms with Crippen LogP contribution in [0.4, 0.5) is 0 Å². The van der Waals surface area contributed by atoms with Gasteiger partial charge in [0.15, 0.2) is 0 Å². The highest BCUT2D eigenvalue weighted by molar-refractivity contribution is 5.79. The SMILES string of the molecule is COCC(C)NC(=O)C1CCN(Cc2ccccn2)CC1. The molecule has 5 heteroatoms. The van der Waals surface area contributed by atoms with E-state index in [0.717, 1.165) is 38.2 Å². The molecule has 1 unspecified atom stereocenters. The van der Waals surface area contributed by atoms with Crippen LogP contribution < -0.4 is 5.32 Å². The number of methoxy groups -OCH3 is 1. The number of likely N-dealkylation sites (tertiary alicyclic amines) is 1. The summed E-state index contributed by atoms with van der Waals surface area (Å²) in [6.07, 6.45) is 3.66. The summed E-state index contributed by atoms with van der Waals surface area (Å²) < 4.78 is 5.05. The van der Waals surface area contributed by atoms with E-state index in [9.17, 15) is 4.79 Å². The first-order valence-corrected chi connectivity index (χ1v) is 7.60. The molecule has 1 fully saturated rings. The topological polar surface area (TPSA) is 54.5 Å².